The molecule has 0 unspecified atom stereocenters. The number of hydrogen-bond acceptors (Lipinski definition) is 3. The minimum absolute atomic E-state index is 0.169. The number of halogens is 1. The fraction of sp³-hybridized carbons (Fsp3) is 0.0588. The highest BCUT2D eigenvalue weighted by Crippen LogP contribution is 2.28. The Hall–Kier alpha value is -2.24. The maximum Gasteiger partial charge on any atom is 0.255 e. The molecule has 0 bridgehead atoms. The number of amides is 1. The minimum atomic E-state index is -0.169. The summed E-state index contributed by atoms with van der Waals surface area (Å²) < 4.78 is 0.945. The first-order valence-electron chi connectivity index (χ1n) is 6.82. The third kappa shape index (κ3) is 2.86. The van der Waals surface area contributed by atoms with Crippen LogP contribution in [0.2, 0.25) is 0 Å². The lowest BCUT2D eigenvalue weighted by Gasteiger charge is -2.09. The number of hydrogen-bond donors (Lipinski definition) is 2. The maximum absolute atomic E-state index is 12.4. The highest BCUT2D eigenvalue weighted by atomic mass is 79.9. The summed E-state index contributed by atoms with van der Waals surface area (Å²) in [5, 5.41) is 3.87. The molecule has 1 aromatic heterocycles. The molecule has 1 heterocycles. The molecule has 3 rings (SSSR count). The fourth-order valence-corrected chi connectivity index (χ4v) is 2.68. The van der Waals surface area contributed by atoms with E-state index in [4.69, 9.17) is 5.73 Å². The van der Waals surface area contributed by atoms with E-state index in [9.17, 15) is 4.79 Å². The highest BCUT2D eigenvalue weighted by Gasteiger charge is 2.10. The van der Waals surface area contributed by atoms with Gasteiger partial charge in [0.2, 0.25) is 0 Å². The Bertz CT molecular complexity index is 831. The number of anilines is 1. The van der Waals surface area contributed by atoms with Crippen molar-refractivity contribution in [2.75, 3.05) is 5.32 Å². The van der Waals surface area contributed by atoms with Gasteiger partial charge in [0.05, 0.1) is 11.2 Å². The lowest BCUT2D eigenvalue weighted by Crippen LogP contribution is -2.12. The van der Waals surface area contributed by atoms with Gasteiger partial charge < -0.3 is 11.1 Å². The van der Waals surface area contributed by atoms with Crippen molar-refractivity contribution in [3.05, 3.63) is 70.3 Å². The quantitative estimate of drug-likeness (QED) is 0.752. The van der Waals surface area contributed by atoms with Crippen LogP contribution in [0.5, 0.6) is 0 Å². The van der Waals surface area contributed by atoms with Crippen LogP contribution >= 0.6 is 15.9 Å². The first-order chi connectivity index (χ1) is 10.7. The molecule has 0 aliphatic carbocycles. The Morgan fingerprint density at radius 3 is 2.64 bits per heavy atom. The zero-order valence-electron chi connectivity index (χ0n) is 11.7. The van der Waals surface area contributed by atoms with E-state index in [0.29, 0.717) is 17.8 Å². The number of aromatic nitrogens is 1. The summed E-state index contributed by atoms with van der Waals surface area (Å²) in [4.78, 5) is 16.7. The van der Waals surface area contributed by atoms with Crippen LogP contribution in [0.4, 0.5) is 5.69 Å². The van der Waals surface area contributed by atoms with Gasteiger partial charge >= 0.3 is 0 Å². The van der Waals surface area contributed by atoms with Crippen molar-refractivity contribution in [1.29, 1.82) is 0 Å². The monoisotopic (exact) mass is 355 g/mol. The van der Waals surface area contributed by atoms with Crippen molar-refractivity contribution >= 4 is 38.4 Å². The van der Waals surface area contributed by atoms with Gasteiger partial charge in [-0.05, 0) is 35.9 Å². The van der Waals surface area contributed by atoms with Crippen molar-refractivity contribution in [2.24, 2.45) is 5.73 Å². The van der Waals surface area contributed by atoms with E-state index in [1.807, 2.05) is 36.4 Å². The standard InChI is InChI=1S/C17H14BrN3O/c18-14-7-8-15(16-13(14)2-1-9-20-16)21-17(22)12-5-3-11(10-19)4-6-12/h1-9H,10,19H2,(H,21,22). The van der Waals surface area contributed by atoms with E-state index in [2.05, 4.69) is 26.2 Å². The molecular weight excluding hydrogens is 342 g/mol. The lowest BCUT2D eigenvalue weighted by atomic mass is 10.1. The summed E-state index contributed by atoms with van der Waals surface area (Å²) in [6.45, 7) is 0.461. The predicted molar refractivity (Wildman–Crippen MR) is 91.7 cm³/mol. The molecule has 3 aromatic rings. The van der Waals surface area contributed by atoms with Crippen LogP contribution in [0.1, 0.15) is 15.9 Å². The molecule has 2 aromatic carbocycles. The first-order valence-corrected chi connectivity index (χ1v) is 7.62. The second kappa shape index (κ2) is 6.25. The zero-order chi connectivity index (χ0) is 15.5. The summed E-state index contributed by atoms with van der Waals surface area (Å²) in [5.74, 6) is -0.169. The van der Waals surface area contributed by atoms with Crippen molar-refractivity contribution in [3.8, 4) is 0 Å². The SMILES string of the molecule is NCc1ccc(C(=O)Nc2ccc(Br)c3cccnc23)cc1. The molecule has 5 heteroatoms. The van der Waals surface area contributed by atoms with E-state index >= 15 is 0 Å². The minimum Gasteiger partial charge on any atom is -0.326 e. The summed E-state index contributed by atoms with van der Waals surface area (Å²) in [6, 6.07) is 14.8. The third-order valence-corrected chi connectivity index (χ3v) is 4.11. The van der Waals surface area contributed by atoms with Gasteiger partial charge in [0, 0.05) is 28.2 Å². The number of carbonyl (C=O) groups is 1. The van der Waals surface area contributed by atoms with Crippen LogP contribution in [-0.4, -0.2) is 10.9 Å². The number of fused-ring (bicyclic) bond motifs is 1. The maximum atomic E-state index is 12.4. The largest absolute Gasteiger partial charge is 0.326 e. The number of rotatable bonds is 3. The summed E-state index contributed by atoms with van der Waals surface area (Å²) in [7, 11) is 0. The van der Waals surface area contributed by atoms with Gasteiger partial charge in [-0.1, -0.05) is 34.1 Å². The molecule has 0 aliphatic heterocycles. The smallest absolute Gasteiger partial charge is 0.255 e. The van der Waals surface area contributed by atoms with Crippen molar-refractivity contribution in [1.82, 2.24) is 4.98 Å². The van der Waals surface area contributed by atoms with Crippen LogP contribution in [0, 0.1) is 0 Å². The molecule has 110 valence electrons. The number of benzene rings is 2. The predicted octanol–water partition coefficient (Wildman–Crippen LogP) is 3.71. The first kappa shape index (κ1) is 14.7. The zero-order valence-corrected chi connectivity index (χ0v) is 13.3. The molecule has 0 atom stereocenters. The van der Waals surface area contributed by atoms with Gasteiger partial charge in [-0.2, -0.15) is 0 Å². The fourth-order valence-electron chi connectivity index (χ4n) is 2.23. The van der Waals surface area contributed by atoms with Gasteiger partial charge in [0.1, 0.15) is 0 Å². The second-order valence-electron chi connectivity index (χ2n) is 4.85. The highest BCUT2D eigenvalue weighted by molar-refractivity contribution is 9.10. The van der Waals surface area contributed by atoms with E-state index in [1.165, 1.54) is 0 Å². The molecule has 4 nitrogen and oxygen atoms in total. The molecule has 0 spiro atoms. The Morgan fingerprint density at radius 2 is 1.91 bits per heavy atom. The van der Waals surface area contributed by atoms with E-state index in [-0.39, 0.29) is 5.91 Å². The van der Waals surface area contributed by atoms with Crippen molar-refractivity contribution < 1.29 is 4.79 Å². The Morgan fingerprint density at radius 1 is 1.14 bits per heavy atom. The van der Waals surface area contributed by atoms with Gasteiger partial charge in [0.15, 0.2) is 0 Å². The van der Waals surface area contributed by atoms with Crippen LogP contribution < -0.4 is 11.1 Å². The Balaban J connectivity index is 1.92. The number of nitrogens with zero attached hydrogens (tertiary/aromatic N) is 1. The van der Waals surface area contributed by atoms with Gasteiger partial charge in [-0.3, -0.25) is 9.78 Å². The molecule has 0 radical (unpaired) electrons. The van der Waals surface area contributed by atoms with Crippen LogP contribution in [0.15, 0.2) is 59.2 Å². The summed E-state index contributed by atoms with van der Waals surface area (Å²) in [5.41, 5.74) is 8.58. The van der Waals surface area contributed by atoms with Crippen LogP contribution in [0.3, 0.4) is 0 Å². The van der Waals surface area contributed by atoms with E-state index < -0.39 is 0 Å². The molecule has 0 saturated carbocycles. The topological polar surface area (TPSA) is 68.0 Å². The average Bonchev–Trinajstić information content (AvgIpc) is 2.57. The number of nitrogens with one attached hydrogen (secondary N) is 1. The van der Waals surface area contributed by atoms with Crippen molar-refractivity contribution in [3.63, 3.8) is 0 Å². The van der Waals surface area contributed by atoms with Crippen LogP contribution in [-0.2, 0) is 6.54 Å². The number of carbonyl (C=O) groups excluding carboxylic acids is 1. The number of pyridine rings is 1. The third-order valence-electron chi connectivity index (χ3n) is 3.42. The molecule has 0 saturated heterocycles. The Kier molecular flexibility index (Phi) is 4.18. The number of nitrogens with two attached hydrogens (primary N) is 1. The molecular formula is C17H14BrN3O. The van der Waals surface area contributed by atoms with E-state index in [1.54, 1.807) is 18.3 Å². The van der Waals surface area contributed by atoms with Gasteiger partial charge in [-0.25, -0.2) is 0 Å². The molecule has 3 N–H and O–H groups in total. The van der Waals surface area contributed by atoms with Crippen LogP contribution in [0.25, 0.3) is 10.9 Å². The lowest BCUT2D eigenvalue weighted by molar-refractivity contribution is 0.102. The van der Waals surface area contributed by atoms with Crippen molar-refractivity contribution in [2.45, 2.75) is 6.54 Å². The normalized spacial score (nSPS) is 10.6. The molecule has 0 fully saturated rings. The average molecular weight is 356 g/mol. The van der Waals surface area contributed by atoms with Gasteiger partial charge in [0.25, 0.3) is 5.91 Å². The summed E-state index contributed by atoms with van der Waals surface area (Å²) >= 11 is 3.49. The second-order valence-corrected chi connectivity index (χ2v) is 5.70. The van der Waals surface area contributed by atoms with E-state index in [0.717, 1.165) is 20.9 Å². The molecule has 22 heavy (non-hydrogen) atoms. The Labute approximate surface area is 136 Å². The summed E-state index contributed by atoms with van der Waals surface area (Å²) in [6.07, 6.45) is 1.71. The molecule has 0 aliphatic rings. The van der Waals surface area contributed by atoms with Gasteiger partial charge in [-0.15, -0.1) is 0 Å². The molecule has 1 amide bonds.